The van der Waals surface area contributed by atoms with E-state index in [0.29, 0.717) is 11.5 Å². The molecule has 0 unspecified atom stereocenters. The van der Waals surface area contributed by atoms with E-state index < -0.39 is 0 Å². The summed E-state index contributed by atoms with van der Waals surface area (Å²) >= 11 is 0. The summed E-state index contributed by atoms with van der Waals surface area (Å²) in [6, 6.07) is 18.4. The Labute approximate surface area is 147 Å². The Hall–Kier alpha value is -3.01. The second-order valence-corrected chi connectivity index (χ2v) is 7.17. The van der Waals surface area contributed by atoms with E-state index in [1.54, 1.807) is 6.20 Å². The molecule has 4 nitrogen and oxygen atoms in total. The highest BCUT2D eigenvalue weighted by Gasteiger charge is 2.16. The van der Waals surface area contributed by atoms with Crippen LogP contribution in [0.25, 0.3) is 33.2 Å². The maximum atomic E-state index is 4.84. The third kappa shape index (κ3) is 3.03. The first-order chi connectivity index (χ1) is 12.0. The van der Waals surface area contributed by atoms with Gasteiger partial charge in [-0.05, 0) is 43.7 Å². The van der Waals surface area contributed by atoms with Crippen LogP contribution in [0, 0.1) is 0 Å². The van der Waals surface area contributed by atoms with Gasteiger partial charge in [0.25, 0.3) is 0 Å². The Balaban J connectivity index is 1.99. The zero-order valence-electron chi connectivity index (χ0n) is 14.6. The number of hydrogen-bond donors (Lipinski definition) is 1. The topological polar surface area (TPSA) is 50.7 Å². The fourth-order valence-electron chi connectivity index (χ4n) is 2.95. The van der Waals surface area contributed by atoms with Crippen LogP contribution in [-0.4, -0.2) is 20.5 Å². The Morgan fingerprint density at radius 1 is 0.800 bits per heavy atom. The molecule has 0 aliphatic carbocycles. The fourth-order valence-corrected chi connectivity index (χ4v) is 2.95. The maximum Gasteiger partial charge on any atom is 0.165 e. The highest BCUT2D eigenvalue weighted by Crippen LogP contribution is 2.30. The van der Waals surface area contributed by atoms with Gasteiger partial charge in [0.15, 0.2) is 11.5 Å². The summed E-state index contributed by atoms with van der Waals surface area (Å²) in [5, 5.41) is 6.74. The molecule has 2 heterocycles. The number of nitrogens with one attached hydrogen (secondary N) is 1. The number of pyridine rings is 1. The average molecular weight is 328 g/mol. The number of anilines is 1. The van der Waals surface area contributed by atoms with Crippen LogP contribution in [0.3, 0.4) is 0 Å². The molecule has 0 amide bonds. The number of aromatic nitrogens is 3. The molecule has 0 fully saturated rings. The lowest BCUT2D eigenvalue weighted by Gasteiger charge is -2.22. The van der Waals surface area contributed by atoms with Crippen LogP contribution in [0.4, 0.5) is 5.82 Å². The molecule has 25 heavy (non-hydrogen) atoms. The van der Waals surface area contributed by atoms with E-state index in [0.717, 1.165) is 22.2 Å². The lowest BCUT2D eigenvalue weighted by atomic mass is 10.0. The predicted octanol–water partition coefficient (Wildman–Crippen LogP) is 5.06. The molecule has 2 aromatic heterocycles. The quantitative estimate of drug-likeness (QED) is 0.559. The van der Waals surface area contributed by atoms with Crippen molar-refractivity contribution in [3.05, 3.63) is 60.8 Å². The lowest BCUT2D eigenvalue weighted by molar-refractivity contribution is 0.631. The van der Waals surface area contributed by atoms with Crippen LogP contribution in [0.15, 0.2) is 60.8 Å². The van der Waals surface area contributed by atoms with E-state index in [-0.39, 0.29) is 5.54 Å². The summed E-state index contributed by atoms with van der Waals surface area (Å²) in [5.74, 6) is 1.50. The van der Waals surface area contributed by atoms with Crippen LogP contribution in [-0.2, 0) is 0 Å². The van der Waals surface area contributed by atoms with Crippen molar-refractivity contribution in [2.24, 2.45) is 0 Å². The average Bonchev–Trinajstić information content (AvgIpc) is 2.60. The Kier molecular flexibility index (Phi) is 3.61. The first-order valence-electron chi connectivity index (χ1n) is 8.40. The van der Waals surface area contributed by atoms with Crippen LogP contribution >= 0.6 is 0 Å². The van der Waals surface area contributed by atoms with E-state index in [4.69, 9.17) is 9.97 Å². The van der Waals surface area contributed by atoms with Crippen molar-refractivity contribution in [2.75, 3.05) is 5.32 Å². The molecule has 0 saturated carbocycles. The molecule has 4 rings (SSSR count). The van der Waals surface area contributed by atoms with Crippen molar-refractivity contribution in [2.45, 2.75) is 26.3 Å². The van der Waals surface area contributed by atoms with Crippen LogP contribution in [0.5, 0.6) is 0 Å². The summed E-state index contributed by atoms with van der Waals surface area (Å²) in [4.78, 5) is 14.0. The third-order valence-electron chi connectivity index (χ3n) is 4.00. The van der Waals surface area contributed by atoms with Crippen molar-refractivity contribution in [1.29, 1.82) is 0 Å². The summed E-state index contributed by atoms with van der Waals surface area (Å²) < 4.78 is 0. The SMILES string of the molecule is CC(C)(C)Nc1nc(-c2cccc3ccccc23)nc2ncccc12. The molecule has 4 aromatic rings. The minimum atomic E-state index is -0.104. The van der Waals surface area contributed by atoms with Crippen molar-refractivity contribution in [1.82, 2.24) is 15.0 Å². The summed E-state index contributed by atoms with van der Waals surface area (Å²) in [6.07, 6.45) is 1.77. The van der Waals surface area contributed by atoms with E-state index in [1.807, 2.05) is 30.3 Å². The van der Waals surface area contributed by atoms with Crippen LogP contribution in [0.1, 0.15) is 20.8 Å². The number of nitrogens with zero attached hydrogens (tertiary/aromatic N) is 3. The molecule has 0 radical (unpaired) electrons. The largest absolute Gasteiger partial charge is 0.365 e. The van der Waals surface area contributed by atoms with Crippen LogP contribution in [0.2, 0.25) is 0 Å². The number of rotatable bonds is 2. The van der Waals surface area contributed by atoms with Gasteiger partial charge in [-0.15, -0.1) is 0 Å². The van der Waals surface area contributed by atoms with Gasteiger partial charge < -0.3 is 5.32 Å². The minimum Gasteiger partial charge on any atom is -0.365 e. The first kappa shape index (κ1) is 15.5. The normalized spacial score (nSPS) is 11.8. The summed E-state index contributed by atoms with van der Waals surface area (Å²) in [5.41, 5.74) is 1.61. The van der Waals surface area contributed by atoms with Gasteiger partial charge in [-0.3, -0.25) is 0 Å². The molecule has 0 spiro atoms. The van der Waals surface area contributed by atoms with Crippen LogP contribution < -0.4 is 5.32 Å². The van der Waals surface area contributed by atoms with E-state index in [1.165, 1.54) is 5.39 Å². The van der Waals surface area contributed by atoms with E-state index >= 15 is 0 Å². The molecular weight excluding hydrogens is 308 g/mol. The highest BCUT2D eigenvalue weighted by atomic mass is 15.1. The van der Waals surface area contributed by atoms with Crippen molar-refractivity contribution < 1.29 is 0 Å². The van der Waals surface area contributed by atoms with Crippen molar-refractivity contribution >= 4 is 27.6 Å². The smallest absolute Gasteiger partial charge is 0.165 e. The molecular formula is C21H20N4. The minimum absolute atomic E-state index is 0.104. The molecule has 0 bridgehead atoms. The maximum absolute atomic E-state index is 4.84. The summed E-state index contributed by atoms with van der Waals surface area (Å²) in [6.45, 7) is 6.36. The molecule has 0 aliphatic heterocycles. The van der Waals surface area contributed by atoms with Gasteiger partial charge in [0.1, 0.15) is 5.82 Å². The lowest BCUT2D eigenvalue weighted by Crippen LogP contribution is -2.27. The van der Waals surface area contributed by atoms with E-state index in [9.17, 15) is 0 Å². The molecule has 1 N–H and O–H groups in total. The zero-order valence-corrected chi connectivity index (χ0v) is 14.6. The number of hydrogen-bond acceptors (Lipinski definition) is 4. The first-order valence-corrected chi connectivity index (χ1v) is 8.40. The second-order valence-electron chi connectivity index (χ2n) is 7.17. The molecule has 2 aromatic carbocycles. The Morgan fingerprint density at radius 3 is 2.40 bits per heavy atom. The van der Waals surface area contributed by atoms with Crippen molar-refractivity contribution in [3.8, 4) is 11.4 Å². The highest BCUT2D eigenvalue weighted by molar-refractivity contribution is 5.97. The zero-order chi connectivity index (χ0) is 17.4. The van der Waals surface area contributed by atoms with E-state index in [2.05, 4.69) is 55.3 Å². The van der Waals surface area contributed by atoms with Gasteiger partial charge in [0.2, 0.25) is 0 Å². The summed E-state index contributed by atoms with van der Waals surface area (Å²) in [7, 11) is 0. The fraction of sp³-hybridized carbons (Fsp3) is 0.190. The van der Waals surface area contributed by atoms with Gasteiger partial charge in [-0.1, -0.05) is 42.5 Å². The third-order valence-corrected chi connectivity index (χ3v) is 4.00. The van der Waals surface area contributed by atoms with Gasteiger partial charge in [0.05, 0.1) is 5.39 Å². The van der Waals surface area contributed by atoms with Gasteiger partial charge in [-0.25, -0.2) is 15.0 Å². The molecule has 4 heteroatoms. The molecule has 0 saturated heterocycles. The molecule has 0 aliphatic rings. The van der Waals surface area contributed by atoms with Gasteiger partial charge in [0, 0.05) is 17.3 Å². The molecule has 0 atom stereocenters. The number of fused-ring (bicyclic) bond motifs is 2. The second kappa shape index (κ2) is 5.81. The Bertz CT molecular complexity index is 1060. The van der Waals surface area contributed by atoms with Gasteiger partial charge >= 0.3 is 0 Å². The predicted molar refractivity (Wildman–Crippen MR) is 104 cm³/mol. The van der Waals surface area contributed by atoms with Gasteiger partial charge in [-0.2, -0.15) is 0 Å². The number of benzene rings is 2. The Morgan fingerprint density at radius 2 is 1.56 bits per heavy atom. The monoisotopic (exact) mass is 328 g/mol. The standard InChI is InChI=1S/C21H20N4/c1-21(2,3)25-20-17-12-7-13-22-18(17)23-19(24-20)16-11-6-9-14-8-4-5-10-15(14)16/h4-13H,1-3H3,(H,22,23,24,25). The molecule has 124 valence electrons. The van der Waals surface area contributed by atoms with Crippen molar-refractivity contribution in [3.63, 3.8) is 0 Å².